The highest BCUT2D eigenvalue weighted by molar-refractivity contribution is 6.10. The van der Waals surface area contributed by atoms with Crippen LogP contribution in [0.1, 0.15) is 36.1 Å². The SMILES string of the molecule is C1=CCCC(n2c3c(c4ccccc42)C=C(c2ccc4c(c2)c2ccccc2n4-c2ccc(-c4ccccc4)cc2)CC3)=C1. The Morgan fingerprint density at radius 3 is 1.98 bits per heavy atom. The van der Waals surface area contributed by atoms with E-state index < -0.39 is 0 Å². The number of fused-ring (bicyclic) bond motifs is 6. The molecule has 2 nitrogen and oxygen atoms in total. The smallest absolute Gasteiger partial charge is 0.0541 e. The molecular weight excluding hydrogens is 532 g/mol. The summed E-state index contributed by atoms with van der Waals surface area (Å²) in [7, 11) is 0. The van der Waals surface area contributed by atoms with Crippen molar-refractivity contribution in [1.29, 1.82) is 0 Å². The van der Waals surface area contributed by atoms with Crippen molar-refractivity contribution in [2.24, 2.45) is 0 Å². The minimum Gasteiger partial charge on any atom is -0.317 e. The molecule has 0 amide bonds. The summed E-state index contributed by atoms with van der Waals surface area (Å²) in [6.07, 6.45) is 13.5. The van der Waals surface area contributed by atoms with Gasteiger partial charge in [0.05, 0.1) is 16.6 Å². The highest BCUT2D eigenvalue weighted by atomic mass is 15.0. The summed E-state index contributed by atoms with van der Waals surface area (Å²) in [5, 5.41) is 3.95. The summed E-state index contributed by atoms with van der Waals surface area (Å²) in [6.45, 7) is 0. The second-order valence-electron chi connectivity index (χ2n) is 12.0. The van der Waals surface area contributed by atoms with Gasteiger partial charge in [-0.2, -0.15) is 0 Å². The molecule has 0 unspecified atom stereocenters. The lowest BCUT2D eigenvalue weighted by molar-refractivity contribution is 0.870. The van der Waals surface area contributed by atoms with Gasteiger partial charge in [0.15, 0.2) is 0 Å². The highest BCUT2D eigenvalue weighted by Gasteiger charge is 2.23. The Balaban J connectivity index is 1.17. The molecule has 44 heavy (non-hydrogen) atoms. The van der Waals surface area contributed by atoms with E-state index in [2.05, 4.69) is 155 Å². The van der Waals surface area contributed by atoms with E-state index in [1.165, 1.54) is 77.6 Å². The molecule has 9 rings (SSSR count). The molecule has 5 aromatic carbocycles. The minimum absolute atomic E-state index is 1.04. The standard InChI is InChI=1S/C42H32N2/c1-3-11-29(12-4-1)30-19-23-34(24-20-30)44-40-18-10-8-16-36(40)38-28-32(22-26-42(38)44)31-21-25-41-37(27-31)35-15-7-9-17-39(35)43(41)33-13-5-2-6-14-33/h1-5,7-13,15-20,22-24,26-28H,6,14,21,25H2. The van der Waals surface area contributed by atoms with Gasteiger partial charge < -0.3 is 9.13 Å². The van der Waals surface area contributed by atoms with Gasteiger partial charge in [-0.3, -0.25) is 0 Å². The average molecular weight is 565 g/mol. The Labute approximate surface area is 257 Å². The van der Waals surface area contributed by atoms with Gasteiger partial charge in [-0.1, -0.05) is 97.1 Å². The van der Waals surface area contributed by atoms with Crippen LogP contribution >= 0.6 is 0 Å². The second kappa shape index (κ2) is 10.1. The molecule has 0 bridgehead atoms. The van der Waals surface area contributed by atoms with Crippen LogP contribution in [0.15, 0.2) is 140 Å². The van der Waals surface area contributed by atoms with Crippen LogP contribution in [-0.2, 0) is 6.42 Å². The predicted molar refractivity (Wildman–Crippen MR) is 187 cm³/mol. The first kappa shape index (κ1) is 25.2. The summed E-state index contributed by atoms with van der Waals surface area (Å²) < 4.78 is 4.96. The molecule has 0 atom stereocenters. The molecule has 0 spiro atoms. The fourth-order valence-corrected chi connectivity index (χ4v) is 7.44. The number of hydrogen-bond donors (Lipinski definition) is 0. The van der Waals surface area contributed by atoms with Crippen LogP contribution in [0.4, 0.5) is 0 Å². The lowest BCUT2D eigenvalue weighted by Crippen LogP contribution is -2.07. The molecule has 0 fully saturated rings. The molecule has 210 valence electrons. The predicted octanol–water partition coefficient (Wildman–Crippen LogP) is 11.1. The van der Waals surface area contributed by atoms with Crippen molar-refractivity contribution in [2.75, 3.05) is 0 Å². The molecule has 0 aliphatic heterocycles. The van der Waals surface area contributed by atoms with Gasteiger partial charge in [0.2, 0.25) is 0 Å². The number of rotatable bonds is 4. The van der Waals surface area contributed by atoms with E-state index in [4.69, 9.17) is 0 Å². The molecule has 0 saturated heterocycles. The monoisotopic (exact) mass is 564 g/mol. The van der Waals surface area contributed by atoms with Gasteiger partial charge in [0, 0.05) is 38.8 Å². The third-order valence-corrected chi connectivity index (χ3v) is 9.52. The first-order valence-corrected chi connectivity index (χ1v) is 15.7. The van der Waals surface area contributed by atoms with Crippen molar-refractivity contribution in [3.63, 3.8) is 0 Å². The zero-order valence-corrected chi connectivity index (χ0v) is 24.6. The summed E-state index contributed by atoms with van der Waals surface area (Å²) in [5.74, 6) is 0. The van der Waals surface area contributed by atoms with E-state index in [1.807, 2.05) is 0 Å². The fraction of sp³-hybridized carbons (Fsp3) is 0.0952. The number of benzene rings is 5. The maximum Gasteiger partial charge on any atom is 0.0541 e. The molecule has 2 aliphatic rings. The van der Waals surface area contributed by atoms with E-state index in [9.17, 15) is 0 Å². The summed E-state index contributed by atoms with van der Waals surface area (Å²) >= 11 is 0. The summed E-state index contributed by atoms with van der Waals surface area (Å²) in [4.78, 5) is 0. The van der Waals surface area contributed by atoms with E-state index >= 15 is 0 Å². The molecule has 2 aromatic heterocycles. The molecule has 0 radical (unpaired) electrons. The van der Waals surface area contributed by atoms with Crippen LogP contribution in [0, 0.1) is 0 Å². The normalized spacial score (nSPS) is 14.6. The van der Waals surface area contributed by atoms with Crippen LogP contribution < -0.4 is 0 Å². The lowest BCUT2D eigenvalue weighted by atomic mass is 9.90. The average Bonchev–Trinajstić information content (AvgIpc) is 3.61. The van der Waals surface area contributed by atoms with Crippen molar-refractivity contribution in [3.8, 4) is 16.8 Å². The van der Waals surface area contributed by atoms with E-state index in [1.54, 1.807) is 0 Å². The van der Waals surface area contributed by atoms with Crippen molar-refractivity contribution in [3.05, 3.63) is 156 Å². The molecule has 2 aliphatic carbocycles. The van der Waals surface area contributed by atoms with Crippen molar-refractivity contribution in [1.82, 2.24) is 9.13 Å². The Bertz CT molecular complexity index is 2300. The van der Waals surface area contributed by atoms with Crippen LogP contribution in [0.3, 0.4) is 0 Å². The summed E-state index contributed by atoms with van der Waals surface area (Å²) in [5.41, 5.74) is 14.5. The van der Waals surface area contributed by atoms with Gasteiger partial charge in [0.25, 0.3) is 0 Å². The maximum absolute atomic E-state index is 2.54. The summed E-state index contributed by atoms with van der Waals surface area (Å²) in [6, 6.07) is 44.4. The maximum atomic E-state index is 2.54. The quantitative estimate of drug-likeness (QED) is 0.201. The van der Waals surface area contributed by atoms with Gasteiger partial charge in [-0.05, 0) is 96.5 Å². The number of allylic oxidation sites excluding steroid dienone is 5. The van der Waals surface area contributed by atoms with Crippen LogP contribution in [0.2, 0.25) is 0 Å². The van der Waals surface area contributed by atoms with Gasteiger partial charge in [0.1, 0.15) is 0 Å². The van der Waals surface area contributed by atoms with Crippen molar-refractivity contribution in [2.45, 2.75) is 25.7 Å². The van der Waals surface area contributed by atoms with Crippen molar-refractivity contribution >= 4 is 50.1 Å². The highest BCUT2D eigenvalue weighted by Crippen LogP contribution is 2.41. The number of nitrogens with zero attached hydrogens (tertiary/aromatic N) is 2. The van der Waals surface area contributed by atoms with Gasteiger partial charge >= 0.3 is 0 Å². The molecule has 0 N–H and O–H groups in total. The number of hydrogen-bond acceptors (Lipinski definition) is 0. The van der Waals surface area contributed by atoms with Gasteiger partial charge in [-0.15, -0.1) is 0 Å². The molecule has 2 heterocycles. The number of aromatic nitrogens is 2. The van der Waals surface area contributed by atoms with Crippen molar-refractivity contribution < 1.29 is 0 Å². The zero-order chi connectivity index (χ0) is 29.0. The lowest BCUT2D eigenvalue weighted by Gasteiger charge is -2.20. The zero-order valence-electron chi connectivity index (χ0n) is 24.6. The molecule has 0 saturated carbocycles. The molecular formula is C42H32N2. The minimum atomic E-state index is 1.04. The Morgan fingerprint density at radius 1 is 0.500 bits per heavy atom. The topological polar surface area (TPSA) is 9.86 Å². The second-order valence-corrected chi connectivity index (χ2v) is 12.0. The van der Waals surface area contributed by atoms with E-state index in [0.29, 0.717) is 0 Å². The Hall–Kier alpha value is -5.34. The third kappa shape index (κ3) is 3.95. The van der Waals surface area contributed by atoms with E-state index in [-0.39, 0.29) is 0 Å². The third-order valence-electron chi connectivity index (χ3n) is 9.52. The van der Waals surface area contributed by atoms with Crippen LogP contribution in [0.25, 0.3) is 66.9 Å². The van der Waals surface area contributed by atoms with E-state index in [0.717, 1.165) is 25.7 Å². The van der Waals surface area contributed by atoms with Crippen LogP contribution in [-0.4, -0.2) is 9.13 Å². The van der Waals surface area contributed by atoms with Gasteiger partial charge in [-0.25, -0.2) is 0 Å². The Kier molecular flexibility index (Phi) is 5.80. The first-order chi connectivity index (χ1) is 21.8. The first-order valence-electron chi connectivity index (χ1n) is 15.7. The largest absolute Gasteiger partial charge is 0.317 e. The van der Waals surface area contributed by atoms with Crippen LogP contribution in [0.5, 0.6) is 0 Å². The molecule has 7 aromatic rings. The Morgan fingerprint density at radius 2 is 1.18 bits per heavy atom. The molecule has 2 heteroatoms. The number of para-hydroxylation sites is 2. The fourth-order valence-electron chi connectivity index (χ4n) is 7.44.